The van der Waals surface area contributed by atoms with Gasteiger partial charge in [0, 0.05) is 25.0 Å². The highest BCUT2D eigenvalue weighted by Gasteiger charge is 2.31. The molecule has 2 unspecified atom stereocenters. The molecule has 0 amide bonds. The zero-order valence-electron chi connectivity index (χ0n) is 6.57. The first-order valence-electron chi connectivity index (χ1n) is 3.60. The molecule has 0 saturated carbocycles. The third kappa shape index (κ3) is 0.829. The van der Waals surface area contributed by atoms with E-state index in [0.29, 0.717) is 5.92 Å². The maximum absolute atomic E-state index is 4.29. The number of hydrogen-bond donors (Lipinski definition) is 0. The van der Waals surface area contributed by atoms with Gasteiger partial charge in [0.1, 0.15) is 6.04 Å². The smallest absolute Gasteiger partial charge is 0.122 e. The molecule has 0 aromatic heterocycles. The molecule has 3 heteroatoms. The summed E-state index contributed by atoms with van der Waals surface area (Å²) in [5, 5.41) is 6.19. The Balaban J connectivity index is 2.35. The number of nitrogens with zero attached hydrogens (tertiary/aromatic N) is 3. The largest absolute Gasteiger partial charge is 0.284 e. The van der Waals surface area contributed by atoms with Crippen LogP contribution in [-0.2, 0) is 0 Å². The van der Waals surface area contributed by atoms with E-state index in [1.54, 1.807) is 0 Å². The molecule has 0 aliphatic carbocycles. The lowest BCUT2D eigenvalue weighted by Crippen LogP contribution is -2.31. The minimum atomic E-state index is 0.229. The van der Waals surface area contributed by atoms with Gasteiger partial charge in [0.05, 0.1) is 5.92 Å². The molecule has 2 heterocycles. The summed E-state index contributed by atoms with van der Waals surface area (Å²) in [6.45, 7) is 2.01. The topological polar surface area (TPSA) is 28.0 Å². The van der Waals surface area contributed by atoms with Crippen molar-refractivity contribution < 1.29 is 0 Å². The van der Waals surface area contributed by atoms with Gasteiger partial charge in [-0.2, -0.15) is 5.10 Å². The summed E-state index contributed by atoms with van der Waals surface area (Å²) in [7, 11) is 1.95. The van der Waals surface area contributed by atoms with E-state index in [1.165, 1.54) is 0 Å². The molecule has 56 valence electrons. The van der Waals surface area contributed by atoms with Crippen LogP contribution in [0.3, 0.4) is 0 Å². The maximum Gasteiger partial charge on any atom is 0.122 e. The van der Waals surface area contributed by atoms with Crippen LogP contribution in [0.1, 0.15) is 6.92 Å². The van der Waals surface area contributed by atoms with Crippen molar-refractivity contribution in [3.63, 3.8) is 0 Å². The average Bonchev–Trinajstić information content (AvgIpc) is 2.30. The number of aliphatic imine (C=N–C) groups is 1. The predicted octanol–water partition coefficient (Wildman–Crippen LogP) is 0.338. The van der Waals surface area contributed by atoms with Crippen LogP contribution < -0.4 is 0 Å². The molecule has 2 aliphatic heterocycles. The molecule has 11 heavy (non-hydrogen) atoms. The number of fused-ring (bicyclic) bond motifs is 1. The minimum absolute atomic E-state index is 0.229. The first-order chi connectivity index (χ1) is 5.29. The second kappa shape index (κ2) is 2.09. The normalized spacial score (nSPS) is 32.5. The van der Waals surface area contributed by atoms with E-state index in [9.17, 15) is 0 Å². The Labute approximate surface area is 65.8 Å². The van der Waals surface area contributed by atoms with Gasteiger partial charge in [0.2, 0.25) is 0 Å². The highest BCUT2D eigenvalue weighted by molar-refractivity contribution is 6.00. The van der Waals surface area contributed by atoms with Crippen LogP contribution in [0.5, 0.6) is 0 Å². The Kier molecular flexibility index (Phi) is 1.22. The van der Waals surface area contributed by atoms with Crippen molar-refractivity contribution in [1.29, 1.82) is 0 Å². The summed E-state index contributed by atoms with van der Waals surface area (Å²) < 4.78 is 0. The van der Waals surface area contributed by atoms with E-state index in [1.807, 2.05) is 25.2 Å². The Hall–Kier alpha value is -1.30. The highest BCUT2D eigenvalue weighted by Crippen LogP contribution is 2.19. The van der Waals surface area contributed by atoms with Gasteiger partial charge >= 0.3 is 0 Å². The maximum atomic E-state index is 4.29. The molecule has 0 radical (unpaired) electrons. The fraction of sp³-hybridized carbons (Fsp3) is 0.500. The lowest BCUT2D eigenvalue weighted by molar-refractivity contribution is 0.323. The minimum Gasteiger partial charge on any atom is -0.284 e. The van der Waals surface area contributed by atoms with Gasteiger partial charge in [-0.3, -0.25) is 5.01 Å². The van der Waals surface area contributed by atoms with Crippen LogP contribution in [0.15, 0.2) is 10.1 Å². The summed E-state index contributed by atoms with van der Waals surface area (Å²) in [6, 6.07) is 2.94. The van der Waals surface area contributed by atoms with Crippen molar-refractivity contribution in [3.05, 3.63) is 0 Å². The third-order valence-electron chi connectivity index (χ3n) is 2.05. The molecule has 0 N–H and O–H groups in total. The van der Waals surface area contributed by atoms with E-state index < -0.39 is 0 Å². The molecule has 2 rings (SSSR count). The lowest BCUT2D eigenvalue weighted by atomic mass is 9.97. The van der Waals surface area contributed by atoms with Crippen LogP contribution in [0.2, 0.25) is 0 Å². The molecule has 2 atom stereocenters. The van der Waals surface area contributed by atoms with E-state index in [4.69, 9.17) is 0 Å². The molecule has 2 aliphatic rings. The Morgan fingerprint density at radius 3 is 3.18 bits per heavy atom. The Morgan fingerprint density at radius 1 is 1.64 bits per heavy atom. The van der Waals surface area contributed by atoms with Gasteiger partial charge in [-0.1, -0.05) is 5.92 Å². The van der Waals surface area contributed by atoms with Gasteiger partial charge in [0.15, 0.2) is 0 Å². The zero-order valence-corrected chi connectivity index (χ0v) is 6.57. The molecular formula is C8H9N3. The summed E-state index contributed by atoms with van der Waals surface area (Å²) in [5.74, 6) is 3.35. The second-order valence-corrected chi connectivity index (χ2v) is 2.82. The van der Waals surface area contributed by atoms with Crippen LogP contribution in [0.4, 0.5) is 0 Å². The highest BCUT2D eigenvalue weighted by atomic mass is 15.5. The molecule has 0 spiro atoms. The summed E-state index contributed by atoms with van der Waals surface area (Å²) in [5.41, 5.74) is 1.11. The van der Waals surface area contributed by atoms with E-state index in [-0.39, 0.29) is 6.04 Å². The average molecular weight is 147 g/mol. The first kappa shape index (κ1) is 6.41. The number of hydrogen-bond acceptors (Lipinski definition) is 3. The fourth-order valence-electron chi connectivity index (χ4n) is 1.43. The Bertz CT molecular complexity index is 292. The molecule has 0 bridgehead atoms. The van der Waals surface area contributed by atoms with Gasteiger partial charge in [0.25, 0.3) is 0 Å². The molecule has 0 aromatic rings. The molecular weight excluding hydrogens is 138 g/mol. The summed E-state index contributed by atoms with van der Waals surface area (Å²) in [6.07, 6.45) is 1.88. The second-order valence-electron chi connectivity index (χ2n) is 2.82. The number of hydrazone groups is 1. The van der Waals surface area contributed by atoms with Crippen molar-refractivity contribution in [3.8, 4) is 12.0 Å². The monoisotopic (exact) mass is 147 g/mol. The summed E-state index contributed by atoms with van der Waals surface area (Å²) in [4.78, 5) is 3.91. The van der Waals surface area contributed by atoms with Gasteiger partial charge in [-0.05, 0) is 6.92 Å². The Morgan fingerprint density at radius 2 is 2.45 bits per heavy atom. The van der Waals surface area contributed by atoms with E-state index >= 15 is 0 Å². The van der Waals surface area contributed by atoms with Crippen LogP contribution >= 0.6 is 0 Å². The molecule has 3 nitrogen and oxygen atoms in total. The van der Waals surface area contributed by atoms with Gasteiger partial charge < -0.3 is 0 Å². The first-order valence-corrected chi connectivity index (χ1v) is 3.60. The van der Waals surface area contributed by atoms with E-state index in [0.717, 1.165) is 5.71 Å². The molecule has 0 fully saturated rings. The molecule has 0 aromatic carbocycles. The van der Waals surface area contributed by atoms with Crippen LogP contribution in [0, 0.1) is 17.9 Å². The number of rotatable bonds is 0. The van der Waals surface area contributed by atoms with Gasteiger partial charge in [-0.15, -0.1) is 0 Å². The van der Waals surface area contributed by atoms with Crippen LogP contribution in [0.25, 0.3) is 0 Å². The van der Waals surface area contributed by atoms with Crippen molar-refractivity contribution in [2.75, 3.05) is 7.05 Å². The lowest BCUT2D eigenvalue weighted by Gasteiger charge is -2.17. The quantitative estimate of drug-likeness (QED) is 0.454. The standard InChI is InChI=1S/C8H9N3/c1-6-7-5-9-4-3-8(7)11(2)10-6/h5,7-8H,1-2H3. The van der Waals surface area contributed by atoms with Crippen molar-refractivity contribution in [2.24, 2.45) is 16.0 Å². The van der Waals surface area contributed by atoms with Crippen molar-refractivity contribution in [2.45, 2.75) is 13.0 Å². The van der Waals surface area contributed by atoms with Crippen molar-refractivity contribution in [1.82, 2.24) is 5.01 Å². The summed E-state index contributed by atoms with van der Waals surface area (Å²) >= 11 is 0. The fourth-order valence-corrected chi connectivity index (χ4v) is 1.43. The van der Waals surface area contributed by atoms with Crippen LogP contribution in [-0.4, -0.2) is 30.0 Å². The third-order valence-corrected chi connectivity index (χ3v) is 2.05. The van der Waals surface area contributed by atoms with Crippen molar-refractivity contribution >= 4 is 11.9 Å². The SMILES string of the molecule is CC1=NN(C)C2C#CN=CC12. The van der Waals surface area contributed by atoms with E-state index in [2.05, 4.69) is 22.1 Å². The zero-order chi connectivity index (χ0) is 7.84. The predicted molar refractivity (Wildman–Crippen MR) is 44.4 cm³/mol. The van der Waals surface area contributed by atoms with Gasteiger partial charge in [-0.25, -0.2) is 4.99 Å². The molecule has 0 saturated heterocycles.